The zero-order valence-corrected chi connectivity index (χ0v) is 14.8. The van der Waals surface area contributed by atoms with Crippen LogP contribution in [-0.2, 0) is 4.79 Å². The topological polar surface area (TPSA) is 32.3 Å². The number of unbranched alkanes of at least 4 members (excludes halogenated alkanes) is 1. The van der Waals surface area contributed by atoms with Crippen LogP contribution in [0.5, 0.6) is 0 Å². The predicted molar refractivity (Wildman–Crippen MR) is 96.3 cm³/mol. The van der Waals surface area contributed by atoms with Crippen molar-refractivity contribution in [2.24, 2.45) is 5.92 Å². The third-order valence-corrected chi connectivity index (χ3v) is 4.95. The fraction of sp³-hybridized carbons (Fsp3) is 0.650. The summed E-state index contributed by atoms with van der Waals surface area (Å²) in [7, 11) is 0. The van der Waals surface area contributed by atoms with Crippen LogP contribution < -0.4 is 5.32 Å². The van der Waals surface area contributed by atoms with Crippen LogP contribution in [-0.4, -0.2) is 30.4 Å². The van der Waals surface area contributed by atoms with Crippen molar-refractivity contribution in [1.29, 1.82) is 0 Å². The second-order valence-electron chi connectivity index (χ2n) is 6.67. The van der Waals surface area contributed by atoms with Crippen LogP contribution in [0.25, 0.3) is 0 Å². The molecular formula is C20H32N2O. The Bertz CT molecular complexity index is 454. The molecule has 23 heavy (non-hydrogen) atoms. The van der Waals surface area contributed by atoms with Gasteiger partial charge in [-0.15, -0.1) is 0 Å². The van der Waals surface area contributed by atoms with E-state index < -0.39 is 0 Å². The molecule has 2 unspecified atom stereocenters. The Kier molecular flexibility index (Phi) is 7.60. The highest BCUT2D eigenvalue weighted by Gasteiger charge is 2.24. The van der Waals surface area contributed by atoms with Crippen LogP contribution in [0.2, 0.25) is 0 Å². The van der Waals surface area contributed by atoms with Crippen molar-refractivity contribution in [1.82, 2.24) is 10.2 Å². The van der Waals surface area contributed by atoms with Gasteiger partial charge < -0.3 is 10.2 Å². The highest BCUT2D eigenvalue weighted by molar-refractivity contribution is 5.76. The summed E-state index contributed by atoms with van der Waals surface area (Å²) in [5, 5.41) is 3.39. The molecule has 1 fully saturated rings. The quantitative estimate of drug-likeness (QED) is 0.742. The van der Waals surface area contributed by atoms with E-state index in [0.29, 0.717) is 18.2 Å². The third-order valence-electron chi connectivity index (χ3n) is 4.95. The molecule has 1 aromatic carbocycles. The number of nitrogens with zero attached hydrogens (tertiary/aromatic N) is 1. The van der Waals surface area contributed by atoms with Crippen LogP contribution in [0.4, 0.5) is 0 Å². The molecule has 1 N–H and O–H groups in total. The first kappa shape index (κ1) is 18.0. The number of hydrogen-bond donors (Lipinski definition) is 1. The Morgan fingerprint density at radius 2 is 2.09 bits per heavy atom. The number of carbonyl (C=O) groups is 1. The smallest absolute Gasteiger partial charge is 0.223 e. The maximum Gasteiger partial charge on any atom is 0.223 e. The molecule has 3 heteroatoms. The van der Waals surface area contributed by atoms with Gasteiger partial charge in [0.15, 0.2) is 0 Å². The molecule has 0 aromatic heterocycles. The van der Waals surface area contributed by atoms with Crippen molar-refractivity contribution in [3.8, 4) is 0 Å². The van der Waals surface area contributed by atoms with Gasteiger partial charge in [0.05, 0.1) is 6.04 Å². The first-order chi connectivity index (χ1) is 11.3. The molecule has 0 aliphatic carbocycles. The lowest BCUT2D eigenvalue weighted by molar-refractivity contribution is -0.134. The van der Waals surface area contributed by atoms with Gasteiger partial charge in [0.2, 0.25) is 5.91 Å². The Labute approximate surface area is 141 Å². The molecular weight excluding hydrogens is 284 g/mol. The number of amides is 1. The van der Waals surface area contributed by atoms with E-state index in [1.54, 1.807) is 0 Å². The van der Waals surface area contributed by atoms with Crippen molar-refractivity contribution < 1.29 is 4.79 Å². The van der Waals surface area contributed by atoms with E-state index in [-0.39, 0.29) is 6.04 Å². The Morgan fingerprint density at radius 3 is 2.70 bits per heavy atom. The van der Waals surface area contributed by atoms with Gasteiger partial charge >= 0.3 is 0 Å². The minimum absolute atomic E-state index is 0.219. The van der Waals surface area contributed by atoms with Crippen molar-refractivity contribution >= 4 is 5.91 Å². The Morgan fingerprint density at radius 1 is 1.30 bits per heavy atom. The lowest BCUT2D eigenvalue weighted by atomic mass is 9.99. The molecule has 1 saturated heterocycles. The van der Waals surface area contributed by atoms with Crippen LogP contribution in [0, 0.1) is 5.92 Å². The molecule has 1 aliphatic rings. The van der Waals surface area contributed by atoms with Gasteiger partial charge in [-0.2, -0.15) is 0 Å². The minimum Gasteiger partial charge on any atom is -0.336 e. The standard InChI is InChI=1S/C20H32N2O/c1-3-5-15-22(19(4-2)18-9-7-6-8-10-18)20(23)12-11-17-13-14-21-16-17/h6-10,17,19,21H,3-5,11-16H2,1-2H3. The van der Waals surface area contributed by atoms with Crippen molar-refractivity contribution in [2.75, 3.05) is 19.6 Å². The van der Waals surface area contributed by atoms with Crippen molar-refractivity contribution in [3.63, 3.8) is 0 Å². The van der Waals surface area contributed by atoms with Gasteiger partial charge in [-0.25, -0.2) is 0 Å². The van der Waals surface area contributed by atoms with Gasteiger partial charge in [-0.1, -0.05) is 50.6 Å². The molecule has 3 nitrogen and oxygen atoms in total. The molecule has 0 bridgehead atoms. The minimum atomic E-state index is 0.219. The molecule has 0 radical (unpaired) electrons. The average Bonchev–Trinajstić information content (AvgIpc) is 3.11. The molecule has 1 aliphatic heterocycles. The second kappa shape index (κ2) is 9.71. The monoisotopic (exact) mass is 316 g/mol. The number of carbonyl (C=O) groups excluding carboxylic acids is 1. The lowest BCUT2D eigenvalue weighted by Gasteiger charge is -2.32. The molecule has 1 amide bonds. The third kappa shape index (κ3) is 5.35. The molecule has 0 spiro atoms. The largest absolute Gasteiger partial charge is 0.336 e. The van der Waals surface area contributed by atoms with E-state index in [4.69, 9.17) is 0 Å². The molecule has 2 rings (SSSR count). The van der Waals surface area contributed by atoms with E-state index in [1.165, 1.54) is 12.0 Å². The first-order valence-electron chi connectivity index (χ1n) is 9.31. The number of hydrogen-bond acceptors (Lipinski definition) is 2. The van der Waals surface area contributed by atoms with E-state index in [9.17, 15) is 4.79 Å². The summed E-state index contributed by atoms with van der Waals surface area (Å²) in [6.07, 6.45) is 6.13. The summed E-state index contributed by atoms with van der Waals surface area (Å²) in [6.45, 7) is 7.45. The first-order valence-corrected chi connectivity index (χ1v) is 9.31. The van der Waals surface area contributed by atoms with Gasteiger partial charge in [0, 0.05) is 13.0 Å². The molecule has 0 saturated carbocycles. The van der Waals surface area contributed by atoms with E-state index >= 15 is 0 Å². The van der Waals surface area contributed by atoms with Crippen molar-refractivity contribution in [3.05, 3.63) is 35.9 Å². The maximum atomic E-state index is 12.9. The number of rotatable bonds is 9. The van der Waals surface area contributed by atoms with Crippen LogP contribution in [0.15, 0.2) is 30.3 Å². The predicted octanol–water partition coefficient (Wildman–Crippen LogP) is 4.16. The van der Waals surface area contributed by atoms with Gasteiger partial charge in [-0.05, 0) is 50.3 Å². The molecule has 128 valence electrons. The average molecular weight is 316 g/mol. The van der Waals surface area contributed by atoms with Gasteiger partial charge in [-0.3, -0.25) is 4.79 Å². The number of nitrogens with one attached hydrogen (secondary N) is 1. The van der Waals surface area contributed by atoms with Crippen molar-refractivity contribution in [2.45, 2.75) is 58.4 Å². The van der Waals surface area contributed by atoms with E-state index in [0.717, 1.165) is 45.3 Å². The normalized spacial score (nSPS) is 18.8. The van der Waals surface area contributed by atoms with Gasteiger partial charge in [0.25, 0.3) is 0 Å². The van der Waals surface area contributed by atoms with Crippen LogP contribution >= 0.6 is 0 Å². The zero-order valence-electron chi connectivity index (χ0n) is 14.8. The summed E-state index contributed by atoms with van der Waals surface area (Å²) in [4.78, 5) is 15.0. The Balaban J connectivity index is 2.02. The summed E-state index contributed by atoms with van der Waals surface area (Å²) in [6, 6.07) is 10.7. The highest BCUT2D eigenvalue weighted by Crippen LogP contribution is 2.26. The lowest BCUT2D eigenvalue weighted by Crippen LogP contribution is -2.35. The SMILES string of the molecule is CCCCN(C(=O)CCC1CCNC1)C(CC)c1ccccc1. The van der Waals surface area contributed by atoms with E-state index in [2.05, 4.69) is 48.3 Å². The van der Waals surface area contributed by atoms with Crippen LogP contribution in [0.1, 0.15) is 64.0 Å². The Hall–Kier alpha value is -1.35. The molecule has 1 heterocycles. The summed E-state index contributed by atoms with van der Waals surface area (Å²) in [5.41, 5.74) is 1.27. The summed E-state index contributed by atoms with van der Waals surface area (Å²) < 4.78 is 0. The fourth-order valence-corrected chi connectivity index (χ4v) is 3.53. The zero-order chi connectivity index (χ0) is 16.5. The molecule has 2 atom stereocenters. The highest BCUT2D eigenvalue weighted by atomic mass is 16.2. The number of benzene rings is 1. The fourth-order valence-electron chi connectivity index (χ4n) is 3.53. The second-order valence-corrected chi connectivity index (χ2v) is 6.67. The maximum absolute atomic E-state index is 12.9. The summed E-state index contributed by atoms with van der Waals surface area (Å²) >= 11 is 0. The van der Waals surface area contributed by atoms with E-state index in [1.807, 2.05) is 6.07 Å². The summed E-state index contributed by atoms with van der Waals surface area (Å²) in [5.74, 6) is 1.02. The van der Waals surface area contributed by atoms with Crippen LogP contribution in [0.3, 0.4) is 0 Å². The van der Waals surface area contributed by atoms with Gasteiger partial charge in [0.1, 0.15) is 0 Å². The molecule has 1 aromatic rings.